The van der Waals surface area contributed by atoms with Crippen molar-refractivity contribution >= 4 is 5.78 Å². The first-order valence-electron chi connectivity index (χ1n) is 10.2. The molecule has 2 nitrogen and oxygen atoms in total. The first-order chi connectivity index (χ1) is 11.2. The van der Waals surface area contributed by atoms with Crippen LogP contribution in [0.2, 0.25) is 0 Å². The van der Waals surface area contributed by atoms with Crippen molar-refractivity contribution in [2.24, 2.45) is 0 Å². The average Bonchev–Trinajstić information content (AvgIpc) is 2.52. The van der Waals surface area contributed by atoms with E-state index >= 15 is 0 Å². The maximum Gasteiger partial charge on any atom is 0.157 e. The second-order valence-corrected chi connectivity index (χ2v) is 6.86. The molecule has 1 N–H and O–H groups in total. The van der Waals surface area contributed by atoms with Crippen LogP contribution >= 0.6 is 0 Å². The SMILES string of the molecule is CCCCCCCCCCCCNC(C)=CC(=O)CCCCC. The van der Waals surface area contributed by atoms with Gasteiger partial charge in [-0.25, -0.2) is 0 Å². The summed E-state index contributed by atoms with van der Waals surface area (Å²) in [6.45, 7) is 7.45. The molecule has 0 heterocycles. The van der Waals surface area contributed by atoms with Crippen LogP contribution in [0.5, 0.6) is 0 Å². The van der Waals surface area contributed by atoms with Crippen molar-refractivity contribution in [3.05, 3.63) is 11.8 Å². The molecule has 0 radical (unpaired) electrons. The van der Waals surface area contributed by atoms with E-state index in [9.17, 15) is 4.79 Å². The highest BCUT2D eigenvalue weighted by molar-refractivity contribution is 5.90. The number of allylic oxidation sites excluding steroid dienone is 2. The van der Waals surface area contributed by atoms with Gasteiger partial charge in [-0.2, -0.15) is 0 Å². The average molecular weight is 324 g/mol. The molecule has 136 valence electrons. The molecule has 0 amide bonds. The minimum Gasteiger partial charge on any atom is -0.388 e. The zero-order valence-electron chi connectivity index (χ0n) is 16.1. The van der Waals surface area contributed by atoms with Gasteiger partial charge in [-0.15, -0.1) is 0 Å². The highest BCUT2D eigenvalue weighted by Crippen LogP contribution is 2.10. The van der Waals surface area contributed by atoms with Crippen LogP contribution in [-0.2, 0) is 4.79 Å². The molecule has 0 spiro atoms. The predicted octanol–water partition coefficient (Wildman–Crippen LogP) is 6.55. The van der Waals surface area contributed by atoms with Gasteiger partial charge in [0.15, 0.2) is 5.78 Å². The highest BCUT2D eigenvalue weighted by Gasteiger charge is 1.99. The molecule has 0 saturated heterocycles. The van der Waals surface area contributed by atoms with E-state index in [1.165, 1.54) is 70.6 Å². The number of carbonyl (C=O) groups is 1. The molecule has 0 aliphatic heterocycles. The lowest BCUT2D eigenvalue weighted by molar-refractivity contribution is -0.114. The lowest BCUT2D eigenvalue weighted by atomic mass is 10.1. The third kappa shape index (κ3) is 17.4. The molecule has 0 aromatic carbocycles. The van der Waals surface area contributed by atoms with Crippen LogP contribution < -0.4 is 5.32 Å². The van der Waals surface area contributed by atoms with Gasteiger partial charge in [-0.1, -0.05) is 84.5 Å². The molecule has 0 aromatic rings. The van der Waals surface area contributed by atoms with Gasteiger partial charge >= 0.3 is 0 Å². The van der Waals surface area contributed by atoms with E-state index in [2.05, 4.69) is 19.2 Å². The molecule has 0 unspecified atom stereocenters. The molecule has 0 fully saturated rings. The molecule has 0 atom stereocenters. The molecule has 23 heavy (non-hydrogen) atoms. The maximum absolute atomic E-state index is 11.7. The fraction of sp³-hybridized carbons (Fsp3) is 0.857. The standard InChI is InChI=1S/C21H41NO/c1-4-6-8-9-10-11-12-13-14-16-18-22-20(3)19-21(23)17-15-7-5-2/h19,22H,4-18H2,1-3H3. The summed E-state index contributed by atoms with van der Waals surface area (Å²) >= 11 is 0. The fourth-order valence-corrected chi connectivity index (χ4v) is 2.81. The van der Waals surface area contributed by atoms with E-state index in [4.69, 9.17) is 0 Å². The Kier molecular flexibility index (Phi) is 17.0. The van der Waals surface area contributed by atoms with E-state index in [0.717, 1.165) is 25.1 Å². The first-order valence-corrected chi connectivity index (χ1v) is 10.2. The topological polar surface area (TPSA) is 29.1 Å². The van der Waals surface area contributed by atoms with Crippen molar-refractivity contribution in [2.45, 2.75) is 111 Å². The third-order valence-electron chi connectivity index (χ3n) is 4.34. The molecular formula is C21H41NO. The van der Waals surface area contributed by atoms with E-state index in [0.29, 0.717) is 6.42 Å². The number of unbranched alkanes of at least 4 members (excludes halogenated alkanes) is 11. The summed E-state index contributed by atoms with van der Waals surface area (Å²) in [6, 6.07) is 0. The van der Waals surface area contributed by atoms with E-state index in [1.807, 2.05) is 6.92 Å². The van der Waals surface area contributed by atoms with E-state index in [1.54, 1.807) is 6.08 Å². The quantitative estimate of drug-likeness (QED) is 0.243. The lowest BCUT2D eigenvalue weighted by Gasteiger charge is -2.06. The van der Waals surface area contributed by atoms with E-state index < -0.39 is 0 Å². The second kappa shape index (κ2) is 17.6. The van der Waals surface area contributed by atoms with Crippen molar-refractivity contribution in [3.63, 3.8) is 0 Å². The van der Waals surface area contributed by atoms with Crippen molar-refractivity contribution < 1.29 is 4.79 Å². The zero-order chi connectivity index (χ0) is 17.2. The van der Waals surface area contributed by atoms with Gasteiger partial charge in [-0.05, 0) is 25.8 Å². The summed E-state index contributed by atoms with van der Waals surface area (Å²) in [4.78, 5) is 11.7. The zero-order valence-corrected chi connectivity index (χ0v) is 16.1. The van der Waals surface area contributed by atoms with Gasteiger partial charge in [0, 0.05) is 18.7 Å². The van der Waals surface area contributed by atoms with Gasteiger partial charge in [0.2, 0.25) is 0 Å². The van der Waals surface area contributed by atoms with Gasteiger partial charge < -0.3 is 5.32 Å². The number of carbonyl (C=O) groups excluding carboxylic acids is 1. The second-order valence-electron chi connectivity index (χ2n) is 6.86. The summed E-state index contributed by atoms with van der Waals surface area (Å²) in [7, 11) is 0. The number of nitrogens with one attached hydrogen (secondary N) is 1. The van der Waals surface area contributed by atoms with Crippen LogP contribution in [-0.4, -0.2) is 12.3 Å². The normalized spacial score (nSPS) is 11.7. The Morgan fingerprint density at radius 1 is 0.739 bits per heavy atom. The van der Waals surface area contributed by atoms with Gasteiger partial charge in [0.25, 0.3) is 0 Å². The van der Waals surface area contributed by atoms with Gasteiger partial charge in [0.1, 0.15) is 0 Å². The monoisotopic (exact) mass is 323 g/mol. The summed E-state index contributed by atoms with van der Waals surface area (Å²) in [5.74, 6) is 0.270. The van der Waals surface area contributed by atoms with Crippen LogP contribution in [0.4, 0.5) is 0 Å². The Hall–Kier alpha value is -0.790. The van der Waals surface area contributed by atoms with Crippen LogP contribution in [0.15, 0.2) is 11.8 Å². The summed E-state index contributed by atoms with van der Waals surface area (Å²) < 4.78 is 0. The van der Waals surface area contributed by atoms with Gasteiger partial charge in [-0.3, -0.25) is 4.79 Å². The molecule has 0 saturated carbocycles. The number of hydrogen-bond acceptors (Lipinski definition) is 2. The third-order valence-corrected chi connectivity index (χ3v) is 4.34. The fourth-order valence-electron chi connectivity index (χ4n) is 2.81. The summed E-state index contributed by atoms with van der Waals surface area (Å²) in [5.41, 5.74) is 1.03. The Morgan fingerprint density at radius 3 is 1.78 bits per heavy atom. The van der Waals surface area contributed by atoms with Gasteiger partial charge in [0.05, 0.1) is 0 Å². The first kappa shape index (κ1) is 22.2. The Bertz CT molecular complexity index is 296. The summed E-state index contributed by atoms with van der Waals surface area (Å²) in [5, 5.41) is 3.37. The van der Waals surface area contributed by atoms with Crippen LogP contribution in [0.3, 0.4) is 0 Å². The van der Waals surface area contributed by atoms with Crippen LogP contribution in [0, 0.1) is 0 Å². The Labute approximate surface area is 145 Å². The molecule has 0 aliphatic carbocycles. The Morgan fingerprint density at radius 2 is 1.22 bits per heavy atom. The molecule has 0 bridgehead atoms. The minimum atomic E-state index is 0.270. The molecule has 0 rings (SSSR count). The highest BCUT2D eigenvalue weighted by atomic mass is 16.1. The molecular weight excluding hydrogens is 282 g/mol. The van der Waals surface area contributed by atoms with Crippen LogP contribution in [0.25, 0.3) is 0 Å². The Balaban J connectivity index is 3.37. The molecule has 0 aliphatic rings. The van der Waals surface area contributed by atoms with Crippen molar-refractivity contribution in [3.8, 4) is 0 Å². The lowest BCUT2D eigenvalue weighted by Crippen LogP contribution is -2.14. The largest absolute Gasteiger partial charge is 0.388 e. The number of ketones is 1. The smallest absolute Gasteiger partial charge is 0.157 e. The molecule has 2 heteroatoms. The molecule has 0 aromatic heterocycles. The van der Waals surface area contributed by atoms with E-state index in [-0.39, 0.29) is 5.78 Å². The van der Waals surface area contributed by atoms with Crippen molar-refractivity contribution in [2.75, 3.05) is 6.54 Å². The predicted molar refractivity (Wildman–Crippen MR) is 103 cm³/mol. The summed E-state index contributed by atoms with van der Waals surface area (Å²) in [6.07, 6.45) is 19.5. The van der Waals surface area contributed by atoms with Crippen molar-refractivity contribution in [1.29, 1.82) is 0 Å². The number of hydrogen-bond donors (Lipinski definition) is 1. The van der Waals surface area contributed by atoms with Crippen molar-refractivity contribution in [1.82, 2.24) is 5.32 Å². The maximum atomic E-state index is 11.7. The minimum absolute atomic E-state index is 0.270. The number of rotatable bonds is 17. The van der Waals surface area contributed by atoms with Crippen LogP contribution in [0.1, 0.15) is 111 Å².